The molecule has 2 aliphatic rings. The molecule has 0 radical (unpaired) electrons. The number of aliphatic hydroxyl groups excluding tert-OH is 1. The van der Waals surface area contributed by atoms with Crippen molar-refractivity contribution in [3.63, 3.8) is 0 Å². The van der Waals surface area contributed by atoms with Gasteiger partial charge >= 0.3 is 0 Å². The quantitative estimate of drug-likeness (QED) is 0.762. The highest BCUT2D eigenvalue weighted by atomic mass is 16.3. The van der Waals surface area contributed by atoms with Crippen molar-refractivity contribution in [2.75, 3.05) is 13.2 Å². The van der Waals surface area contributed by atoms with Gasteiger partial charge in [-0.2, -0.15) is 0 Å². The average Bonchev–Trinajstić information content (AvgIpc) is 2.78. The Morgan fingerprint density at radius 3 is 2.56 bits per heavy atom. The Labute approximate surface area is 113 Å². The maximum atomic E-state index is 9.09. The summed E-state index contributed by atoms with van der Waals surface area (Å²) in [6, 6.07) is 0.663. The Kier molecular flexibility index (Phi) is 4.08. The molecule has 0 heterocycles. The second-order valence-corrected chi connectivity index (χ2v) is 7.54. The maximum Gasteiger partial charge on any atom is 0.0434 e. The lowest BCUT2D eigenvalue weighted by molar-refractivity contribution is 0.103. The molecule has 18 heavy (non-hydrogen) atoms. The molecule has 0 saturated heterocycles. The summed E-state index contributed by atoms with van der Waals surface area (Å²) >= 11 is 0. The van der Waals surface area contributed by atoms with Gasteiger partial charge in [0.2, 0.25) is 0 Å². The lowest BCUT2D eigenvalue weighted by atomic mass is 9.68. The number of hydrogen-bond acceptors (Lipinski definition) is 2. The summed E-state index contributed by atoms with van der Waals surface area (Å²) in [6.07, 6.45) is 6.34. The van der Waals surface area contributed by atoms with Crippen molar-refractivity contribution >= 4 is 0 Å². The topological polar surface area (TPSA) is 32.3 Å². The number of fused-ring (bicyclic) bond motifs is 2. The van der Waals surface area contributed by atoms with Crippen molar-refractivity contribution in [3.8, 4) is 0 Å². The maximum absolute atomic E-state index is 9.09. The van der Waals surface area contributed by atoms with Gasteiger partial charge in [0.1, 0.15) is 0 Å². The second kappa shape index (κ2) is 5.13. The first-order valence-corrected chi connectivity index (χ1v) is 7.78. The van der Waals surface area contributed by atoms with E-state index < -0.39 is 0 Å². The van der Waals surface area contributed by atoms with Crippen LogP contribution in [0, 0.1) is 22.7 Å². The molecule has 4 atom stereocenters. The van der Waals surface area contributed by atoms with Gasteiger partial charge in [-0.1, -0.05) is 34.1 Å². The van der Waals surface area contributed by atoms with Gasteiger partial charge in [-0.05, 0) is 54.9 Å². The summed E-state index contributed by atoms with van der Waals surface area (Å²) in [6.45, 7) is 11.0. The lowest BCUT2D eigenvalue weighted by Crippen LogP contribution is -2.51. The molecule has 106 valence electrons. The standard InChI is InChI=1S/C16H31NO/c1-5-12(7-9-18)11-17-14-15(2,3)13-6-8-16(14,4)10-13/h12-14,17-18H,5-11H2,1-4H3/t12?,13-,14?,16+/m0/s1. The van der Waals surface area contributed by atoms with Gasteiger partial charge in [0.15, 0.2) is 0 Å². The lowest BCUT2D eigenvalue weighted by Gasteiger charge is -2.44. The largest absolute Gasteiger partial charge is 0.396 e. The molecule has 0 amide bonds. The first-order chi connectivity index (χ1) is 8.44. The zero-order chi connectivity index (χ0) is 13.4. The van der Waals surface area contributed by atoms with E-state index in [1.807, 2.05) is 0 Å². The number of rotatable bonds is 6. The molecule has 2 aliphatic carbocycles. The molecule has 2 rings (SSSR count). The van der Waals surface area contributed by atoms with Crippen LogP contribution in [-0.4, -0.2) is 24.3 Å². The monoisotopic (exact) mass is 253 g/mol. The Morgan fingerprint density at radius 1 is 1.33 bits per heavy atom. The van der Waals surface area contributed by atoms with Gasteiger partial charge in [-0.3, -0.25) is 0 Å². The Morgan fingerprint density at radius 2 is 2.06 bits per heavy atom. The summed E-state index contributed by atoms with van der Waals surface area (Å²) in [5, 5.41) is 13.0. The van der Waals surface area contributed by atoms with E-state index >= 15 is 0 Å². The third kappa shape index (κ3) is 2.34. The molecule has 2 nitrogen and oxygen atoms in total. The first kappa shape index (κ1) is 14.3. The third-order valence-corrected chi connectivity index (χ3v) is 6.00. The fraction of sp³-hybridized carbons (Fsp3) is 1.00. The molecule has 0 aromatic carbocycles. The van der Waals surface area contributed by atoms with Crippen LogP contribution in [0.15, 0.2) is 0 Å². The first-order valence-electron chi connectivity index (χ1n) is 7.78. The average molecular weight is 253 g/mol. The minimum atomic E-state index is 0.328. The molecule has 2 bridgehead atoms. The van der Waals surface area contributed by atoms with Crippen LogP contribution in [0.2, 0.25) is 0 Å². The fourth-order valence-corrected chi connectivity index (χ4v) is 4.73. The van der Waals surface area contributed by atoms with Crippen molar-refractivity contribution in [1.29, 1.82) is 0 Å². The van der Waals surface area contributed by atoms with Gasteiger partial charge in [-0.25, -0.2) is 0 Å². The van der Waals surface area contributed by atoms with Gasteiger partial charge in [0.25, 0.3) is 0 Å². The SMILES string of the molecule is CCC(CCO)CNC1C(C)(C)[C@H]2CC[C@]1(C)C2. The van der Waals surface area contributed by atoms with Crippen LogP contribution in [-0.2, 0) is 0 Å². The predicted molar refractivity (Wildman–Crippen MR) is 76.5 cm³/mol. The van der Waals surface area contributed by atoms with E-state index in [-0.39, 0.29) is 0 Å². The Bertz CT molecular complexity index is 284. The van der Waals surface area contributed by atoms with Crippen molar-refractivity contribution in [3.05, 3.63) is 0 Å². The molecule has 2 N–H and O–H groups in total. The van der Waals surface area contributed by atoms with Crippen molar-refractivity contribution in [1.82, 2.24) is 5.32 Å². The molecule has 2 heteroatoms. The van der Waals surface area contributed by atoms with Crippen LogP contribution in [0.25, 0.3) is 0 Å². The highest BCUT2D eigenvalue weighted by Gasteiger charge is 2.58. The van der Waals surface area contributed by atoms with Crippen LogP contribution in [0.1, 0.15) is 59.8 Å². The van der Waals surface area contributed by atoms with Gasteiger partial charge in [0.05, 0.1) is 0 Å². The molecule has 0 aliphatic heterocycles. The summed E-state index contributed by atoms with van der Waals surface area (Å²) < 4.78 is 0. The van der Waals surface area contributed by atoms with Crippen LogP contribution in [0.3, 0.4) is 0 Å². The summed E-state index contributed by atoms with van der Waals surface area (Å²) in [5.74, 6) is 1.55. The molecule has 0 aromatic rings. The predicted octanol–water partition coefficient (Wildman–Crippen LogP) is 3.20. The normalized spacial score (nSPS) is 39.2. The van der Waals surface area contributed by atoms with E-state index in [1.54, 1.807) is 0 Å². The van der Waals surface area contributed by atoms with E-state index in [1.165, 1.54) is 25.7 Å². The Balaban J connectivity index is 1.96. The second-order valence-electron chi connectivity index (χ2n) is 7.54. The van der Waals surface area contributed by atoms with Gasteiger partial charge in [0, 0.05) is 12.6 Å². The highest BCUT2D eigenvalue weighted by Crippen LogP contribution is 2.62. The van der Waals surface area contributed by atoms with Crippen LogP contribution < -0.4 is 5.32 Å². The number of aliphatic hydroxyl groups is 1. The zero-order valence-electron chi connectivity index (χ0n) is 12.6. The van der Waals surface area contributed by atoms with Crippen molar-refractivity contribution < 1.29 is 5.11 Å². The minimum absolute atomic E-state index is 0.328. The van der Waals surface area contributed by atoms with E-state index in [2.05, 4.69) is 33.0 Å². The van der Waals surface area contributed by atoms with Gasteiger partial charge in [-0.15, -0.1) is 0 Å². The zero-order valence-corrected chi connectivity index (χ0v) is 12.6. The minimum Gasteiger partial charge on any atom is -0.396 e. The van der Waals surface area contributed by atoms with Crippen LogP contribution in [0.5, 0.6) is 0 Å². The van der Waals surface area contributed by atoms with Crippen LogP contribution in [0.4, 0.5) is 0 Å². The number of nitrogens with one attached hydrogen (secondary N) is 1. The summed E-state index contributed by atoms with van der Waals surface area (Å²) in [5.41, 5.74) is 0.968. The summed E-state index contributed by atoms with van der Waals surface area (Å²) in [7, 11) is 0. The Hall–Kier alpha value is -0.0800. The highest BCUT2D eigenvalue weighted by molar-refractivity contribution is 5.12. The van der Waals surface area contributed by atoms with Crippen molar-refractivity contribution in [2.45, 2.75) is 65.8 Å². The van der Waals surface area contributed by atoms with E-state index in [0.717, 1.165) is 18.9 Å². The molecule has 2 fully saturated rings. The molecule has 2 saturated carbocycles. The molecule has 0 spiro atoms. The van der Waals surface area contributed by atoms with E-state index in [0.29, 0.717) is 29.4 Å². The molecular formula is C16H31NO. The van der Waals surface area contributed by atoms with E-state index in [4.69, 9.17) is 5.11 Å². The van der Waals surface area contributed by atoms with Crippen molar-refractivity contribution in [2.24, 2.45) is 22.7 Å². The summed E-state index contributed by atoms with van der Waals surface area (Å²) in [4.78, 5) is 0. The smallest absolute Gasteiger partial charge is 0.0434 e. The fourth-order valence-electron chi connectivity index (χ4n) is 4.73. The van der Waals surface area contributed by atoms with Gasteiger partial charge < -0.3 is 10.4 Å². The van der Waals surface area contributed by atoms with E-state index in [9.17, 15) is 0 Å². The molecular weight excluding hydrogens is 222 g/mol. The third-order valence-electron chi connectivity index (χ3n) is 6.00. The number of hydrogen-bond donors (Lipinski definition) is 2. The van der Waals surface area contributed by atoms with Crippen LogP contribution >= 0.6 is 0 Å². The molecule has 2 unspecified atom stereocenters. The molecule has 0 aromatic heterocycles.